The van der Waals surface area contributed by atoms with Gasteiger partial charge in [-0.15, -0.1) is 0 Å². The van der Waals surface area contributed by atoms with E-state index in [-0.39, 0.29) is 11.5 Å². The lowest BCUT2D eigenvalue weighted by Gasteiger charge is -2.05. The van der Waals surface area contributed by atoms with Crippen molar-refractivity contribution in [1.29, 1.82) is 0 Å². The van der Waals surface area contributed by atoms with Gasteiger partial charge < -0.3 is 5.73 Å². The summed E-state index contributed by atoms with van der Waals surface area (Å²) in [6, 6.07) is 4.49. The molecule has 0 spiro atoms. The molecular weight excluding hydrogens is 202 g/mol. The number of aryl methyl sites for hydroxylation is 1. The third-order valence-electron chi connectivity index (χ3n) is 1.80. The Balaban J connectivity index is 3.15. The number of anilines is 1. The molecule has 0 saturated heterocycles. The summed E-state index contributed by atoms with van der Waals surface area (Å²) in [7, 11) is -3.61. The SMILES string of the molecule is CCOS(=O)(=O)c1ccc(N)c(C)c1. The van der Waals surface area contributed by atoms with Gasteiger partial charge >= 0.3 is 0 Å². The van der Waals surface area contributed by atoms with E-state index in [0.717, 1.165) is 5.56 Å². The van der Waals surface area contributed by atoms with Crippen LogP contribution < -0.4 is 5.73 Å². The molecule has 0 heterocycles. The monoisotopic (exact) mass is 215 g/mol. The minimum absolute atomic E-state index is 0.131. The van der Waals surface area contributed by atoms with E-state index in [1.807, 2.05) is 0 Å². The number of nitrogen functional groups attached to an aromatic ring is 1. The lowest BCUT2D eigenvalue weighted by atomic mass is 10.2. The zero-order valence-corrected chi connectivity index (χ0v) is 8.97. The molecule has 0 aromatic heterocycles. The van der Waals surface area contributed by atoms with Gasteiger partial charge in [-0.3, -0.25) is 4.18 Å². The average molecular weight is 215 g/mol. The second kappa shape index (κ2) is 3.98. The Hall–Kier alpha value is -1.07. The van der Waals surface area contributed by atoms with Gasteiger partial charge in [0, 0.05) is 5.69 Å². The van der Waals surface area contributed by atoms with Crippen LogP contribution in [0.5, 0.6) is 0 Å². The van der Waals surface area contributed by atoms with Gasteiger partial charge in [0.1, 0.15) is 0 Å². The first-order valence-corrected chi connectivity index (χ1v) is 5.63. The fourth-order valence-electron chi connectivity index (χ4n) is 1.03. The van der Waals surface area contributed by atoms with Gasteiger partial charge in [-0.05, 0) is 37.6 Å². The molecule has 0 fully saturated rings. The normalized spacial score (nSPS) is 11.6. The van der Waals surface area contributed by atoms with Crippen molar-refractivity contribution in [3.63, 3.8) is 0 Å². The maximum atomic E-state index is 11.4. The van der Waals surface area contributed by atoms with Gasteiger partial charge in [0.25, 0.3) is 10.1 Å². The molecule has 0 aliphatic rings. The maximum absolute atomic E-state index is 11.4. The average Bonchev–Trinajstić information content (AvgIpc) is 2.09. The molecule has 0 bridgehead atoms. The number of benzene rings is 1. The van der Waals surface area contributed by atoms with Crippen LogP contribution in [0.1, 0.15) is 12.5 Å². The van der Waals surface area contributed by atoms with Crippen LogP contribution in [0.25, 0.3) is 0 Å². The van der Waals surface area contributed by atoms with Gasteiger partial charge in [0.2, 0.25) is 0 Å². The first-order chi connectivity index (χ1) is 6.47. The second-order valence-electron chi connectivity index (χ2n) is 2.88. The van der Waals surface area contributed by atoms with Crippen LogP contribution in [0.3, 0.4) is 0 Å². The van der Waals surface area contributed by atoms with Gasteiger partial charge in [0.15, 0.2) is 0 Å². The number of rotatable bonds is 3. The fraction of sp³-hybridized carbons (Fsp3) is 0.333. The predicted octanol–water partition coefficient (Wildman–Crippen LogP) is 1.30. The van der Waals surface area contributed by atoms with Crippen molar-refractivity contribution >= 4 is 15.8 Å². The van der Waals surface area contributed by atoms with E-state index in [9.17, 15) is 8.42 Å². The summed E-state index contributed by atoms with van der Waals surface area (Å²) in [5.74, 6) is 0. The van der Waals surface area contributed by atoms with Gasteiger partial charge in [-0.25, -0.2) is 0 Å². The smallest absolute Gasteiger partial charge is 0.296 e. The summed E-state index contributed by atoms with van der Waals surface area (Å²) in [6.07, 6.45) is 0. The lowest BCUT2D eigenvalue weighted by molar-refractivity contribution is 0.338. The second-order valence-corrected chi connectivity index (χ2v) is 4.49. The third kappa shape index (κ3) is 2.24. The molecule has 0 amide bonds. The standard InChI is InChI=1S/C9H13NO3S/c1-3-13-14(11,12)8-4-5-9(10)7(2)6-8/h4-6H,3,10H2,1-2H3. The summed E-state index contributed by atoms with van der Waals surface area (Å²) in [4.78, 5) is 0.144. The van der Waals surface area contributed by atoms with Gasteiger partial charge in [-0.2, -0.15) is 8.42 Å². The van der Waals surface area contributed by atoms with E-state index in [1.54, 1.807) is 19.9 Å². The molecule has 0 unspecified atom stereocenters. The lowest BCUT2D eigenvalue weighted by Crippen LogP contribution is -2.06. The quantitative estimate of drug-likeness (QED) is 0.609. The van der Waals surface area contributed by atoms with Crippen molar-refractivity contribution in [2.75, 3.05) is 12.3 Å². The molecule has 14 heavy (non-hydrogen) atoms. The minimum atomic E-state index is -3.61. The highest BCUT2D eigenvalue weighted by atomic mass is 32.2. The molecular formula is C9H13NO3S. The highest BCUT2D eigenvalue weighted by molar-refractivity contribution is 7.86. The summed E-state index contributed by atoms with van der Waals surface area (Å²) in [5, 5.41) is 0. The molecule has 4 nitrogen and oxygen atoms in total. The van der Waals surface area contributed by atoms with Gasteiger partial charge in [0.05, 0.1) is 11.5 Å². The van der Waals surface area contributed by atoms with Crippen LogP contribution in [-0.2, 0) is 14.3 Å². The first kappa shape index (κ1) is 11.0. The Bertz CT molecular complexity index is 426. The highest BCUT2D eigenvalue weighted by Gasteiger charge is 2.14. The van der Waals surface area contributed by atoms with Crippen molar-refractivity contribution in [3.05, 3.63) is 23.8 Å². The van der Waals surface area contributed by atoms with Crippen LogP contribution >= 0.6 is 0 Å². The fourth-order valence-corrected chi connectivity index (χ4v) is 2.03. The van der Waals surface area contributed by atoms with E-state index in [0.29, 0.717) is 5.69 Å². The van der Waals surface area contributed by atoms with E-state index >= 15 is 0 Å². The largest absolute Gasteiger partial charge is 0.399 e. The number of nitrogens with two attached hydrogens (primary N) is 1. The Morgan fingerprint density at radius 2 is 2.07 bits per heavy atom. The summed E-state index contributed by atoms with van der Waals surface area (Å²) in [5.41, 5.74) is 6.87. The summed E-state index contributed by atoms with van der Waals surface area (Å²) < 4.78 is 27.5. The van der Waals surface area contributed by atoms with Crippen molar-refractivity contribution < 1.29 is 12.6 Å². The Labute approximate surface area is 83.8 Å². The molecule has 0 radical (unpaired) electrons. The molecule has 0 aliphatic heterocycles. The van der Waals surface area contributed by atoms with Crippen LogP contribution in [0, 0.1) is 6.92 Å². The van der Waals surface area contributed by atoms with Crippen LogP contribution in [0.15, 0.2) is 23.1 Å². The molecule has 0 saturated carbocycles. The van der Waals surface area contributed by atoms with Crippen LogP contribution in [0.4, 0.5) is 5.69 Å². The van der Waals surface area contributed by atoms with Crippen molar-refractivity contribution in [2.24, 2.45) is 0 Å². The van der Waals surface area contributed by atoms with E-state index in [2.05, 4.69) is 4.18 Å². The molecule has 78 valence electrons. The van der Waals surface area contributed by atoms with Gasteiger partial charge in [-0.1, -0.05) is 0 Å². The Morgan fingerprint density at radius 3 is 2.57 bits per heavy atom. The predicted molar refractivity (Wildman–Crippen MR) is 54.4 cm³/mol. The van der Waals surface area contributed by atoms with Crippen molar-refractivity contribution in [3.8, 4) is 0 Å². The first-order valence-electron chi connectivity index (χ1n) is 4.23. The number of hydrogen-bond acceptors (Lipinski definition) is 4. The third-order valence-corrected chi connectivity index (χ3v) is 3.18. The van der Waals surface area contributed by atoms with E-state index < -0.39 is 10.1 Å². The number of hydrogen-bond donors (Lipinski definition) is 1. The van der Waals surface area contributed by atoms with E-state index in [1.165, 1.54) is 12.1 Å². The van der Waals surface area contributed by atoms with Crippen molar-refractivity contribution in [2.45, 2.75) is 18.7 Å². The molecule has 0 atom stereocenters. The molecule has 2 N–H and O–H groups in total. The molecule has 1 aromatic rings. The topological polar surface area (TPSA) is 69.4 Å². The highest BCUT2D eigenvalue weighted by Crippen LogP contribution is 2.18. The Kier molecular flexibility index (Phi) is 3.13. The maximum Gasteiger partial charge on any atom is 0.296 e. The van der Waals surface area contributed by atoms with E-state index in [4.69, 9.17) is 5.73 Å². The summed E-state index contributed by atoms with van der Waals surface area (Å²) >= 11 is 0. The zero-order chi connectivity index (χ0) is 10.8. The minimum Gasteiger partial charge on any atom is -0.399 e. The molecule has 1 rings (SSSR count). The zero-order valence-electron chi connectivity index (χ0n) is 8.15. The van der Waals surface area contributed by atoms with Crippen molar-refractivity contribution in [1.82, 2.24) is 0 Å². The molecule has 0 aliphatic carbocycles. The molecule has 5 heteroatoms. The summed E-state index contributed by atoms with van der Waals surface area (Å²) in [6.45, 7) is 3.51. The van der Waals surface area contributed by atoms with Crippen LogP contribution in [-0.4, -0.2) is 15.0 Å². The van der Waals surface area contributed by atoms with Crippen LogP contribution in [0.2, 0.25) is 0 Å². The molecule has 1 aromatic carbocycles. The Morgan fingerprint density at radius 1 is 1.43 bits per heavy atom.